The SMILES string of the molecule is CC(=O)OC[C@@H](O)[C@H]1OC(C)(C)O[C@@H]1[C@H](O)COC(C)=O. The summed E-state index contributed by atoms with van der Waals surface area (Å²) in [5.41, 5.74) is 0. The van der Waals surface area contributed by atoms with Gasteiger partial charge in [-0.3, -0.25) is 9.59 Å². The van der Waals surface area contributed by atoms with E-state index in [0.717, 1.165) is 0 Å². The summed E-state index contributed by atoms with van der Waals surface area (Å²) in [6, 6.07) is 0. The monoisotopic (exact) mass is 306 g/mol. The Balaban J connectivity index is 2.68. The normalized spacial score (nSPS) is 27.0. The van der Waals surface area contributed by atoms with E-state index in [1.54, 1.807) is 13.8 Å². The summed E-state index contributed by atoms with van der Waals surface area (Å²) in [7, 11) is 0. The summed E-state index contributed by atoms with van der Waals surface area (Å²) >= 11 is 0. The van der Waals surface area contributed by atoms with Crippen LogP contribution in [0.3, 0.4) is 0 Å². The van der Waals surface area contributed by atoms with Crippen molar-refractivity contribution in [3.63, 3.8) is 0 Å². The molecule has 0 saturated carbocycles. The maximum atomic E-state index is 10.8. The van der Waals surface area contributed by atoms with E-state index < -0.39 is 42.1 Å². The molecule has 0 unspecified atom stereocenters. The van der Waals surface area contributed by atoms with E-state index in [4.69, 9.17) is 18.9 Å². The maximum Gasteiger partial charge on any atom is 0.302 e. The van der Waals surface area contributed by atoms with Crippen molar-refractivity contribution in [3.8, 4) is 0 Å². The van der Waals surface area contributed by atoms with Crippen molar-refractivity contribution in [1.82, 2.24) is 0 Å². The van der Waals surface area contributed by atoms with Gasteiger partial charge in [0.05, 0.1) is 0 Å². The molecule has 1 fully saturated rings. The zero-order valence-corrected chi connectivity index (χ0v) is 12.6. The van der Waals surface area contributed by atoms with Crippen molar-refractivity contribution in [2.24, 2.45) is 0 Å². The van der Waals surface area contributed by atoms with Gasteiger partial charge in [0.25, 0.3) is 0 Å². The molecule has 0 bridgehead atoms. The Bertz CT molecular complexity index is 346. The molecule has 0 aromatic rings. The van der Waals surface area contributed by atoms with Crippen molar-refractivity contribution in [3.05, 3.63) is 0 Å². The fourth-order valence-corrected chi connectivity index (χ4v) is 2.01. The molecule has 1 aliphatic rings. The third kappa shape index (κ3) is 5.58. The molecule has 1 rings (SSSR count). The number of carbonyl (C=O) groups is 2. The molecule has 1 saturated heterocycles. The van der Waals surface area contributed by atoms with E-state index >= 15 is 0 Å². The van der Waals surface area contributed by atoms with Gasteiger partial charge in [-0.15, -0.1) is 0 Å². The average Bonchev–Trinajstić information content (AvgIpc) is 2.69. The molecular weight excluding hydrogens is 284 g/mol. The van der Waals surface area contributed by atoms with E-state index in [0.29, 0.717) is 0 Å². The molecule has 0 aliphatic carbocycles. The minimum atomic E-state index is -1.17. The van der Waals surface area contributed by atoms with Crippen molar-refractivity contribution in [2.45, 2.75) is 57.9 Å². The largest absolute Gasteiger partial charge is 0.463 e. The smallest absolute Gasteiger partial charge is 0.302 e. The molecule has 8 heteroatoms. The number of aliphatic hydroxyl groups excluding tert-OH is 2. The minimum absolute atomic E-state index is 0.282. The first-order chi connectivity index (χ1) is 9.62. The van der Waals surface area contributed by atoms with Gasteiger partial charge < -0.3 is 29.2 Å². The number of rotatable bonds is 6. The third-order valence-corrected chi connectivity index (χ3v) is 2.84. The molecule has 0 amide bonds. The summed E-state index contributed by atoms with van der Waals surface area (Å²) in [5, 5.41) is 20.1. The summed E-state index contributed by atoms with van der Waals surface area (Å²) in [6.07, 6.45) is -4.17. The Hall–Kier alpha value is -1.22. The van der Waals surface area contributed by atoms with Crippen molar-refractivity contribution in [2.75, 3.05) is 13.2 Å². The van der Waals surface area contributed by atoms with Crippen LogP contribution in [0, 0.1) is 0 Å². The molecule has 0 aromatic carbocycles. The van der Waals surface area contributed by atoms with Crippen LogP contribution in [-0.4, -0.2) is 65.6 Å². The Morgan fingerprint density at radius 3 is 1.62 bits per heavy atom. The van der Waals surface area contributed by atoms with Gasteiger partial charge in [-0.2, -0.15) is 0 Å². The van der Waals surface area contributed by atoms with Crippen LogP contribution in [0.1, 0.15) is 27.7 Å². The molecule has 8 nitrogen and oxygen atoms in total. The van der Waals surface area contributed by atoms with E-state index in [-0.39, 0.29) is 13.2 Å². The van der Waals surface area contributed by atoms with Gasteiger partial charge in [-0.1, -0.05) is 0 Å². The van der Waals surface area contributed by atoms with Crippen LogP contribution in [-0.2, 0) is 28.5 Å². The van der Waals surface area contributed by atoms with Crippen LogP contribution < -0.4 is 0 Å². The lowest BCUT2D eigenvalue weighted by Crippen LogP contribution is -2.46. The number of esters is 2. The second-order valence-corrected chi connectivity index (χ2v) is 5.30. The molecule has 122 valence electrons. The van der Waals surface area contributed by atoms with E-state index in [1.165, 1.54) is 13.8 Å². The lowest BCUT2D eigenvalue weighted by atomic mass is 10.0. The lowest BCUT2D eigenvalue weighted by molar-refractivity contribution is -0.167. The quantitative estimate of drug-likeness (QED) is 0.623. The summed E-state index contributed by atoms with van der Waals surface area (Å²) in [5.74, 6) is -2.10. The van der Waals surface area contributed by atoms with Gasteiger partial charge in [0.1, 0.15) is 37.6 Å². The fourth-order valence-electron chi connectivity index (χ4n) is 2.01. The van der Waals surface area contributed by atoms with Crippen LogP contribution in [0.15, 0.2) is 0 Å². The van der Waals surface area contributed by atoms with Crippen LogP contribution in [0.25, 0.3) is 0 Å². The Kier molecular flexibility index (Phi) is 6.09. The molecule has 4 atom stereocenters. The Labute approximate surface area is 122 Å². The number of carbonyl (C=O) groups excluding carboxylic acids is 2. The highest BCUT2D eigenvalue weighted by molar-refractivity contribution is 5.66. The predicted octanol–water partition coefficient (Wildman–Crippen LogP) is -0.646. The highest BCUT2D eigenvalue weighted by Crippen LogP contribution is 2.32. The zero-order chi connectivity index (χ0) is 16.2. The highest BCUT2D eigenvalue weighted by atomic mass is 16.8. The first-order valence-corrected chi connectivity index (χ1v) is 6.61. The van der Waals surface area contributed by atoms with Gasteiger partial charge >= 0.3 is 11.9 Å². The first kappa shape index (κ1) is 17.8. The lowest BCUT2D eigenvalue weighted by Gasteiger charge is -2.25. The molecule has 0 aromatic heterocycles. The van der Waals surface area contributed by atoms with Crippen LogP contribution >= 0.6 is 0 Å². The Morgan fingerprint density at radius 2 is 1.33 bits per heavy atom. The van der Waals surface area contributed by atoms with Crippen LogP contribution in [0.2, 0.25) is 0 Å². The summed E-state index contributed by atoms with van der Waals surface area (Å²) < 4.78 is 20.5. The van der Waals surface area contributed by atoms with Gasteiger partial charge in [-0.25, -0.2) is 0 Å². The average molecular weight is 306 g/mol. The molecule has 0 spiro atoms. The molecule has 21 heavy (non-hydrogen) atoms. The molecule has 1 heterocycles. The van der Waals surface area contributed by atoms with E-state index in [2.05, 4.69) is 0 Å². The first-order valence-electron chi connectivity index (χ1n) is 6.61. The van der Waals surface area contributed by atoms with E-state index in [1.807, 2.05) is 0 Å². The molecule has 2 N–H and O–H groups in total. The molecule has 0 radical (unpaired) electrons. The van der Waals surface area contributed by atoms with Crippen molar-refractivity contribution < 1.29 is 38.7 Å². The second-order valence-electron chi connectivity index (χ2n) is 5.30. The predicted molar refractivity (Wildman–Crippen MR) is 69.1 cm³/mol. The molecular formula is C13H22O8. The van der Waals surface area contributed by atoms with Gasteiger partial charge in [-0.05, 0) is 13.8 Å². The minimum Gasteiger partial charge on any atom is -0.463 e. The summed E-state index contributed by atoms with van der Waals surface area (Å²) in [4.78, 5) is 21.5. The Morgan fingerprint density at radius 1 is 1.00 bits per heavy atom. The fraction of sp³-hybridized carbons (Fsp3) is 0.846. The maximum absolute atomic E-state index is 10.8. The highest BCUT2D eigenvalue weighted by Gasteiger charge is 2.48. The second kappa shape index (κ2) is 7.17. The number of ether oxygens (including phenoxy) is 4. The number of hydrogen-bond acceptors (Lipinski definition) is 8. The summed E-state index contributed by atoms with van der Waals surface area (Å²) in [6.45, 7) is 5.12. The van der Waals surface area contributed by atoms with E-state index in [9.17, 15) is 19.8 Å². The van der Waals surface area contributed by atoms with Gasteiger partial charge in [0.2, 0.25) is 0 Å². The van der Waals surface area contributed by atoms with Crippen LogP contribution in [0.5, 0.6) is 0 Å². The standard InChI is InChI=1S/C13H22O8/c1-7(14)18-5-9(16)11-12(21-13(3,4)20-11)10(17)6-19-8(2)15/h9-12,16-17H,5-6H2,1-4H3/t9-,10-,11-,12-/m1/s1. The van der Waals surface area contributed by atoms with Crippen molar-refractivity contribution >= 4 is 11.9 Å². The van der Waals surface area contributed by atoms with Crippen LogP contribution in [0.4, 0.5) is 0 Å². The molecule has 1 aliphatic heterocycles. The van der Waals surface area contributed by atoms with Crippen molar-refractivity contribution in [1.29, 1.82) is 0 Å². The number of aliphatic hydroxyl groups is 2. The van der Waals surface area contributed by atoms with Gasteiger partial charge in [0, 0.05) is 13.8 Å². The third-order valence-electron chi connectivity index (χ3n) is 2.84. The zero-order valence-electron chi connectivity index (χ0n) is 12.6. The topological polar surface area (TPSA) is 112 Å². The van der Waals surface area contributed by atoms with Gasteiger partial charge in [0.15, 0.2) is 5.79 Å². The number of hydrogen-bond donors (Lipinski definition) is 2.